The van der Waals surface area contributed by atoms with Gasteiger partial charge in [0.1, 0.15) is 11.6 Å². The fourth-order valence-electron chi connectivity index (χ4n) is 1.97. The Labute approximate surface area is 122 Å². The number of nitrogens with one attached hydrogen (secondary N) is 1. The van der Waals surface area contributed by atoms with Gasteiger partial charge in [0, 0.05) is 32.3 Å². The normalized spacial score (nSPS) is 10.4. The maximum absolute atomic E-state index is 13.6. The quantitative estimate of drug-likeness (QED) is 0.905. The summed E-state index contributed by atoms with van der Waals surface area (Å²) in [5, 5.41) is 3.73. The minimum Gasteiger partial charge on any atom is -0.379 e. The molecule has 0 atom stereocenters. The van der Waals surface area contributed by atoms with Crippen LogP contribution < -0.4 is 10.2 Å². The molecule has 0 fully saturated rings. The van der Waals surface area contributed by atoms with Gasteiger partial charge in [-0.25, -0.2) is 8.78 Å². The molecule has 2 aromatic carbocycles. The van der Waals surface area contributed by atoms with E-state index in [1.807, 2.05) is 31.1 Å². The van der Waals surface area contributed by atoms with Gasteiger partial charge in [0.05, 0.1) is 16.4 Å². The molecule has 1 N–H and O–H groups in total. The summed E-state index contributed by atoms with van der Waals surface area (Å²) in [6, 6.07) is 9.02. The van der Waals surface area contributed by atoms with Crippen molar-refractivity contribution in [1.82, 2.24) is 0 Å². The zero-order valence-electron chi connectivity index (χ0n) is 11.3. The van der Waals surface area contributed by atoms with Crippen LogP contribution in [0, 0.1) is 11.6 Å². The Balaban J connectivity index is 2.21. The van der Waals surface area contributed by atoms with Gasteiger partial charge in [-0.2, -0.15) is 0 Å². The first-order valence-electron chi connectivity index (χ1n) is 6.12. The summed E-state index contributed by atoms with van der Waals surface area (Å²) in [4.78, 5) is 1.88. The molecule has 0 radical (unpaired) electrons. The van der Waals surface area contributed by atoms with E-state index in [2.05, 4.69) is 5.32 Å². The highest BCUT2D eigenvalue weighted by molar-refractivity contribution is 6.34. The number of para-hydroxylation sites is 1. The van der Waals surface area contributed by atoms with Crippen molar-refractivity contribution in [2.24, 2.45) is 0 Å². The lowest BCUT2D eigenvalue weighted by atomic mass is 10.2. The van der Waals surface area contributed by atoms with Gasteiger partial charge >= 0.3 is 0 Å². The first kappa shape index (κ1) is 14.6. The highest BCUT2D eigenvalue weighted by Gasteiger charge is 2.10. The van der Waals surface area contributed by atoms with Gasteiger partial charge < -0.3 is 10.2 Å². The molecule has 106 valence electrons. The predicted molar refractivity (Wildman–Crippen MR) is 79.5 cm³/mol. The Morgan fingerprint density at radius 1 is 1.15 bits per heavy atom. The SMILES string of the molecule is CN(C)c1c(Cl)cccc1NCc1ccc(F)cc1F. The van der Waals surface area contributed by atoms with E-state index in [4.69, 9.17) is 11.6 Å². The molecular formula is C15H15ClF2N2. The highest BCUT2D eigenvalue weighted by atomic mass is 35.5. The maximum Gasteiger partial charge on any atom is 0.131 e. The van der Waals surface area contributed by atoms with Crippen molar-refractivity contribution in [3.05, 3.63) is 58.6 Å². The van der Waals surface area contributed by atoms with Crippen LogP contribution in [0.2, 0.25) is 5.02 Å². The lowest BCUT2D eigenvalue weighted by Crippen LogP contribution is -2.13. The van der Waals surface area contributed by atoms with E-state index in [1.54, 1.807) is 6.07 Å². The summed E-state index contributed by atoms with van der Waals surface area (Å²) >= 11 is 6.15. The minimum absolute atomic E-state index is 0.257. The maximum atomic E-state index is 13.6. The second kappa shape index (κ2) is 6.09. The number of hydrogen-bond acceptors (Lipinski definition) is 2. The monoisotopic (exact) mass is 296 g/mol. The van der Waals surface area contributed by atoms with E-state index in [0.29, 0.717) is 10.6 Å². The Kier molecular flexibility index (Phi) is 4.45. The zero-order valence-corrected chi connectivity index (χ0v) is 12.0. The summed E-state index contributed by atoms with van der Waals surface area (Å²) in [5.41, 5.74) is 2.03. The number of rotatable bonds is 4. The number of halogens is 3. The molecule has 0 aliphatic heterocycles. The van der Waals surface area contributed by atoms with Gasteiger partial charge in [-0.05, 0) is 18.2 Å². The molecule has 2 nitrogen and oxygen atoms in total. The molecule has 0 aromatic heterocycles. The largest absolute Gasteiger partial charge is 0.379 e. The van der Waals surface area contributed by atoms with Crippen LogP contribution in [-0.4, -0.2) is 14.1 Å². The standard InChI is InChI=1S/C15H15ClF2N2/c1-20(2)15-12(16)4-3-5-14(15)19-9-10-6-7-11(17)8-13(10)18/h3-8,19H,9H2,1-2H3. The molecule has 0 bridgehead atoms. The van der Waals surface area contributed by atoms with Crippen molar-refractivity contribution in [1.29, 1.82) is 0 Å². The second-order valence-corrected chi connectivity index (χ2v) is 5.03. The van der Waals surface area contributed by atoms with E-state index in [0.717, 1.165) is 17.4 Å². The Hall–Kier alpha value is -1.81. The Morgan fingerprint density at radius 2 is 1.90 bits per heavy atom. The van der Waals surface area contributed by atoms with Gasteiger partial charge in [0.15, 0.2) is 0 Å². The van der Waals surface area contributed by atoms with Crippen LogP contribution in [0.4, 0.5) is 20.2 Å². The minimum atomic E-state index is -0.581. The summed E-state index contributed by atoms with van der Waals surface area (Å²) in [6.45, 7) is 0.257. The van der Waals surface area contributed by atoms with Crippen molar-refractivity contribution in [3.63, 3.8) is 0 Å². The third-order valence-corrected chi connectivity index (χ3v) is 3.22. The zero-order chi connectivity index (χ0) is 14.7. The third-order valence-electron chi connectivity index (χ3n) is 2.92. The summed E-state index contributed by atoms with van der Waals surface area (Å²) in [6.07, 6.45) is 0. The molecule has 0 aliphatic carbocycles. The Morgan fingerprint density at radius 3 is 2.55 bits per heavy atom. The molecule has 0 heterocycles. The van der Waals surface area contributed by atoms with E-state index < -0.39 is 11.6 Å². The molecule has 0 saturated heterocycles. The first-order valence-corrected chi connectivity index (χ1v) is 6.50. The van der Waals surface area contributed by atoms with E-state index in [9.17, 15) is 8.78 Å². The number of benzene rings is 2. The van der Waals surface area contributed by atoms with Crippen molar-refractivity contribution in [3.8, 4) is 0 Å². The summed E-state index contributed by atoms with van der Waals surface area (Å²) in [5.74, 6) is -1.14. The fourth-order valence-corrected chi connectivity index (χ4v) is 2.31. The number of hydrogen-bond donors (Lipinski definition) is 1. The lowest BCUT2D eigenvalue weighted by molar-refractivity contribution is 0.574. The molecule has 0 unspecified atom stereocenters. The van der Waals surface area contributed by atoms with Crippen LogP contribution in [0.15, 0.2) is 36.4 Å². The molecule has 0 saturated carbocycles. The van der Waals surface area contributed by atoms with E-state index in [-0.39, 0.29) is 6.54 Å². The van der Waals surface area contributed by atoms with E-state index >= 15 is 0 Å². The van der Waals surface area contributed by atoms with Crippen molar-refractivity contribution in [2.45, 2.75) is 6.54 Å². The predicted octanol–water partition coefficient (Wildman–Crippen LogP) is 4.30. The van der Waals surface area contributed by atoms with Crippen molar-refractivity contribution >= 4 is 23.0 Å². The second-order valence-electron chi connectivity index (χ2n) is 4.62. The summed E-state index contributed by atoms with van der Waals surface area (Å²) in [7, 11) is 3.76. The molecule has 0 amide bonds. The van der Waals surface area contributed by atoms with Gasteiger partial charge in [-0.3, -0.25) is 0 Å². The van der Waals surface area contributed by atoms with Gasteiger partial charge in [-0.15, -0.1) is 0 Å². The van der Waals surface area contributed by atoms with Gasteiger partial charge in [-0.1, -0.05) is 23.7 Å². The average molecular weight is 297 g/mol. The van der Waals surface area contributed by atoms with Gasteiger partial charge in [0.2, 0.25) is 0 Å². The molecule has 2 aromatic rings. The van der Waals surface area contributed by atoms with Crippen LogP contribution in [0.5, 0.6) is 0 Å². The summed E-state index contributed by atoms with van der Waals surface area (Å²) < 4.78 is 26.4. The van der Waals surface area contributed by atoms with Crippen LogP contribution >= 0.6 is 11.6 Å². The number of nitrogens with zero attached hydrogens (tertiary/aromatic N) is 1. The molecule has 2 rings (SSSR count). The average Bonchev–Trinajstić information content (AvgIpc) is 2.37. The smallest absolute Gasteiger partial charge is 0.131 e. The van der Waals surface area contributed by atoms with Crippen LogP contribution in [0.3, 0.4) is 0 Å². The molecule has 0 aliphatic rings. The van der Waals surface area contributed by atoms with Crippen LogP contribution in [0.1, 0.15) is 5.56 Å². The fraction of sp³-hybridized carbons (Fsp3) is 0.200. The highest BCUT2D eigenvalue weighted by Crippen LogP contribution is 2.32. The number of anilines is 2. The molecule has 5 heteroatoms. The first-order chi connectivity index (χ1) is 9.49. The van der Waals surface area contributed by atoms with Gasteiger partial charge in [0.25, 0.3) is 0 Å². The van der Waals surface area contributed by atoms with Crippen LogP contribution in [0.25, 0.3) is 0 Å². The van der Waals surface area contributed by atoms with Crippen molar-refractivity contribution in [2.75, 3.05) is 24.3 Å². The Bertz CT molecular complexity index is 615. The van der Waals surface area contributed by atoms with E-state index in [1.165, 1.54) is 12.1 Å². The molecule has 20 heavy (non-hydrogen) atoms. The molecular weight excluding hydrogens is 282 g/mol. The van der Waals surface area contributed by atoms with Crippen molar-refractivity contribution < 1.29 is 8.78 Å². The lowest BCUT2D eigenvalue weighted by Gasteiger charge is -2.20. The third kappa shape index (κ3) is 3.20. The van der Waals surface area contributed by atoms with Crippen LogP contribution in [-0.2, 0) is 6.54 Å². The molecule has 0 spiro atoms. The topological polar surface area (TPSA) is 15.3 Å².